The zero-order valence-corrected chi connectivity index (χ0v) is 10.7. The van der Waals surface area contributed by atoms with Gasteiger partial charge in [0.05, 0.1) is 12.6 Å². The van der Waals surface area contributed by atoms with E-state index in [-0.39, 0.29) is 17.9 Å². The molecule has 2 saturated heterocycles. The normalized spacial score (nSPS) is 30.6. The van der Waals surface area contributed by atoms with E-state index in [4.69, 9.17) is 10.1 Å². The summed E-state index contributed by atoms with van der Waals surface area (Å²) in [5.74, 6) is 0.627. The monoisotopic (exact) mass is 238 g/mol. The third kappa shape index (κ3) is 2.51. The molecule has 1 amide bonds. The SMILES string of the molecule is CC(=N)C1CCCN1C(=O)[C@@H](C)C1CCOC1. The molecule has 0 radical (unpaired) electrons. The summed E-state index contributed by atoms with van der Waals surface area (Å²) in [7, 11) is 0. The predicted octanol–water partition coefficient (Wildman–Crippen LogP) is 1.69. The first-order valence-corrected chi connectivity index (χ1v) is 6.54. The third-order valence-corrected chi connectivity index (χ3v) is 4.10. The van der Waals surface area contributed by atoms with Crippen molar-refractivity contribution in [1.82, 2.24) is 4.90 Å². The van der Waals surface area contributed by atoms with Crippen molar-refractivity contribution in [2.45, 2.75) is 39.2 Å². The fourth-order valence-corrected chi connectivity index (χ4v) is 2.89. The van der Waals surface area contributed by atoms with Gasteiger partial charge >= 0.3 is 0 Å². The van der Waals surface area contributed by atoms with Crippen LogP contribution in [0.15, 0.2) is 0 Å². The van der Waals surface area contributed by atoms with E-state index in [0.29, 0.717) is 11.6 Å². The molecule has 2 rings (SSSR count). The summed E-state index contributed by atoms with van der Waals surface area (Å²) in [4.78, 5) is 14.3. The van der Waals surface area contributed by atoms with Crippen molar-refractivity contribution in [2.24, 2.45) is 11.8 Å². The van der Waals surface area contributed by atoms with Gasteiger partial charge in [-0.15, -0.1) is 0 Å². The van der Waals surface area contributed by atoms with Gasteiger partial charge in [-0.3, -0.25) is 4.79 Å². The molecular weight excluding hydrogens is 216 g/mol. The Hall–Kier alpha value is -0.900. The van der Waals surface area contributed by atoms with E-state index in [2.05, 4.69) is 0 Å². The summed E-state index contributed by atoms with van der Waals surface area (Å²) in [6.07, 6.45) is 2.98. The molecule has 2 fully saturated rings. The summed E-state index contributed by atoms with van der Waals surface area (Å²) in [6, 6.07) is 0.0484. The van der Waals surface area contributed by atoms with Crippen LogP contribution in [0.5, 0.6) is 0 Å². The lowest BCUT2D eigenvalue weighted by Gasteiger charge is -2.29. The molecule has 0 bridgehead atoms. The minimum atomic E-state index is 0.0393. The number of likely N-dealkylation sites (tertiary alicyclic amines) is 1. The van der Waals surface area contributed by atoms with Gasteiger partial charge in [-0.2, -0.15) is 0 Å². The molecule has 17 heavy (non-hydrogen) atoms. The Kier molecular flexibility index (Phi) is 3.82. The zero-order chi connectivity index (χ0) is 12.4. The fourth-order valence-electron chi connectivity index (χ4n) is 2.89. The summed E-state index contributed by atoms with van der Waals surface area (Å²) in [5, 5.41) is 7.75. The van der Waals surface area contributed by atoms with E-state index in [9.17, 15) is 4.79 Å². The van der Waals surface area contributed by atoms with Crippen molar-refractivity contribution >= 4 is 11.6 Å². The van der Waals surface area contributed by atoms with E-state index < -0.39 is 0 Å². The minimum Gasteiger partial charge on any atom is -0.381 e. The summed E-state index contributed by atoms with van der Waals surface area (Å²) in [6.45, 7) is 6.14. The van der Waals surface area contributed by atoms with Crippen LogP contribution in [0.3, 0.4) is 0 Å². The molecule has 1 N–H and O–H groups in total. The second-order valence-corrected chi connectivity index (χ2v) is 5.29. The van der Waals surface area contributed by atoms with Crippen LogP contribution in [0, 0.1) is 17.2 Å². The van der Waals surface area contributed by atoms with E-state index in [0.717, 1.165) is 39.0 Å². The van der Waals surface area contributed by atoms with Gasteiger partial charge in [0.25, 0.3) is 0 Å². The second kappa shape index (κ2) is 5.17. The molecule has 0 aromatic heterocycles. The van der Waals surface area contributed by atoms with Crippen molar-refractivity contribution in [2.75, 3.05) is 19.8 Å². The first-order valence-electron chi connectivity index (χ1n) is 6.54. The van der Waals surface area contributed by atoms with Gasteiger partial charge in [0.1, 0.15) is 0 Å². The van der Waals surface area contributed by atoms with Crippen LogP contribution in [0.25, 0.3) is 0 Å². The van der Waals surface area contributed by atoms with E-state index in [1.807, 2.05) is 11.8 Å². The summed E-state index contributed by atoms with van der Waals surface area (Å²) >= 11 is 0. The Morgan fingerprint density at radius 3 is 2.82 bits per heavy atom. The molecule has 0 aromatic rings. The quantitative estimate of drug-likeness (QED) is 0.761. The lowest BCUT2D eigenvalue weighted by Crippen LogP contribution is -2.43. The van der Waals surface area contributed by atoms with E-state index in [1.54, 1.807) is 6.92 Å². The number of carbonyl (C=O) groups is 1. The molecular formula is C13H22N2O2. The Balaban J connectivity index is 2.00. The first kappa shape index (κ1) is 12.6. The summed E-state index contributed by atoms with van der Waals surface area (Å²) < 4.78 is 5.35. The lowest BCUT2D eigenvalue weighted by atomic mass is 9.92. The topological polar surface area (TPSA) is 53.4 Å². The molecule has 0 saturated carbocycles. The first-order chi connectivity index (χ1) is 8.11. The van der Waals surface area contributed by atoms with E-state index in [1.165, 1.54) is 0 Å². The Morgan fingerprint density at radius 1 is 1.47 bits per heavy atom. The number of rotatable bonds is 3. The van der Waals surface area contributed by atoms with Crippen LogP contribution in [0.4, 0.5) is 0 Å². The maximum absolute atomic E-state index is 12.4. The highest BCUT2D eigenvalue weighted by atomic mass is 16.5. The number of hydrogen-bond acceptors (Lipinski definition) is 3. The molecule has 96 valence electrons. The maximum Gasteiger partial charge on any atom is 0.226 e. The number of carbonyl (C=O) groups excluding carboxylic acids is 1. The van der Waals surface area contributed by atoms with Crippen molar-refractivity contribution in [3.8, 4) is 0 Å². The van der Waals surface area contributed by atoms with Crippen molar-refractivity contribution in [3.05, 3.63) is 0 Å². The molecule has 0 aromatic carbocycles. The number of ether oxygens (including phenoxy) is 1. The molecule has 2 aliphatic heterocycles. The van der Waals surface area contributed by atoms with Gasteiger partial charge in [0.15, 0.2) is 0 Å². The van der Waals surface area contributed by atoms with Crippen LogP contribution in [0.2, 0.25) is 0 Å². The molecule has 3 atom stereocenters. The molecule has 0 spiro atoms. The van der Waals surface area contributed by atoms with Gasteiger partial charge in [0, 0.05) is 24.8 Å². The molecule has 2 aliphatic rings. The second-order valence-electron chi connectivity index (χ2n) is 5.29. The number of nitrogens with one attached hydrogen (secondary N) is 1. The van der Waals surface area contributed by atoms with Gasteiger partial charge in [-0.25, -0.2) is 0 Å². The predicted molar refractivity (Wildman–Crippen MR) is 66.2 cm³/mol. The van der Waals surface area contributed by atoms with Gasteiger partial charge in [-0.05, 0) is 32.1 Å². The van der Waals surface area contributed by atoms with Crippen molar-refractivity contribution in [3.63, 3.8) is 0 Å². The standard InChI is InChI=1S/C13H22N2O2/c1-9(11-5-7-17-8-11)13(16)15-6-3-4-12(15)10(2)14/h9,11-12,14H,3-8H2,1-2H3/t9-,11?,12?/m0/s1. The Labute approximate surface area is 103 Å². The average molecular weight is 238 g/mol. The summed E-state index contributed by atoms with van der Waals surface area (Å²) in [5.41, 5.74) is 0.616. The maximum atomic E-state index is 12.4. The lowest BCUT2D eigenvalue weighted by molar-refractivity contribution is -0.136. The van der Waals surface area contributed by atoms with Crippen molar-refractivity contribution in [1.29, 1.82) is 5.41 Å². The largest absolute Gasteiger partial charge is 0.381 e. The highest BCUT2D eigenvalue weighted by molar-refractivity contribution is 5.90. The van der Waals surface area contributed by atoms with Crippen LogP contribution in [-0.4, -0.2) is 42.3 Å². The molecule has 4 heteroatoms. The van der Waals surface area contributed by atoms with Crippen LogP contribution in [0.1, 0.15) is 33.1 Å². The highest BCUT2D eigenvalue weighted by Crippen LogP contribution is 2.27. The highest BCUT2D eigenvalue weighted by Gasteiger charge is 2.36. The Bertz CT molecular complexity index is 311. The van der Waals surface area contributed by atoms with Gasteiger partial charge in [-0.1, -0.05) is 6.92 Å². The van der Waals surface area contributed by atoms with Crippen LogP contribution in [-0.2, 0) is 9.53 Å². The zero-order valence-electron chi connectivity index (χ0n) is 10.7. The Morgan fingerprint density at radius 2 is 2.24 bits per heavy atom. The van der Waals surface area contributed by atoms with Gasteiger partial charge in [0.2, 0.25) is 5.91 Å². The molecule has 4 nitrogen and oxygen atoms in total. The average Bonchev–Trinajstić information content (AvgIpc) is 2.97. The van der Waals surface area contributed by atoms with Crippen LogP contribution < -0.4 is 0 Å². The van der Waals surface area contributed by atoms with Crippen molar-refractivity contribution < 1.29 is 9.53 Å². The molecule has 2 heterocycles. The third-order valence-electron chi connectivity index (χ3n) is 4.10. The van der Waals surface area contributed by atoms with Gasteiger partial charge < -0.3 is 15.0 Å². The molecule has 0 aliphatic carbocycles. The number of nitrogens with zero attached hydrogens (tertiary/aromatic N) is 1. The van der Waals surface area contributed by atoms with E-state index >= 15 is 0 Å². The minimum absolute atomic E-state index is 0.0393. The smallest absolute Gasteiger partial charge is 0.226 e. The van der Waals surface area contributed by atoms with Crippen LogP contribution >= 0.6 is 0 Å². The fraction of sp³-hybridized carbons (Fsp3) is 0.846. The number of amides is 1. The number of hydrogen-bond donors (Lipinski definition) is 1. The molecule has 2 unspecified atom stereocenters.